The van der Waals surface area contributed by atoms with Crippen LogP contribution in [0.25, 0.3) is 0 Å². The molecule has 0 amide bonds. The van der Waals surface area contributed by atoms with Crippen LogP contribution in [0.2, 0.25) is 10.0 Å². The molecule has 0 atom stereocenters. The molecule has 1 fully saturated rings. The van der Waals surface area contributed by atoms with Crippen LogP contribution < -0.4 is 5.32 Å². The van der Waals surface area contributed by atoms with Crippen LogP contribution in [0.5, 0.6) is 0 Å². The predicted molar refractivity (Wildman–Crippen MR) is 86.4 cm³/mol. The van der Waals surface area contributed by atoms with Crippen molar-refractivity contribution in [3.63, 3.8) is 0 Å². The molecule has 1 aliphatic rings. The van der Waals surface area contributed by atoms with Gasteiger partial charge in [-0.15, -0.1) is 0 Å². The van der Waals surface area contributed by atoms with Gasteiger partial charge in [0, 0.05) is 30.2 Å². The van der Waals surface area contributed by atoms with Crippen molar-refractivity contribution < 1.29 is 8.42 Å². The van der Waals surface area contributed by atoms with Crippen molar-refractivity contribution in [2.75, 3.05) is 20.1 Å². The van der Waals surface area contributed by atoms with E-state index in [0.717, 1.165) is 12.8 Å². The first-order valence-corrected chi connectivity index (χ1v) is 9.19. The first kappa shape index (κ1) is 17.0. The lowest BCUT2D eigenvalue weighted by Crippen LogP contribution is -2.38. The summed E-state index contributed by atoms with van der Waals surface area (Å²) in [5.41, 5.74) is 0.618. The average molecular weight is 351 g/mol. The predicted octanol–water partition coefficient (Wildman–Crippen LogP) is 3.13. The minimum absolute atomic E-state index is 0.147. The van der Waals surface area contributed by atoms with Gasteiger partial charge < -0.3 is 5.32 Å². The molecule has 1 saturated heterocycles. The van der Waals surface area contributed by atoms with Crippen LogP contribution in [0, 0.1) is 5.92 Å². The third-order valence-electron chi connectivity index (χ3n) is 3.86. The van der Waals surface area contributed by atoms with E-state index in [1.54, 1.807) is 13.1 Å². The van der Waals surface area contributed by atoms with E-state index in [0.29, 0.717) is 36.1 Å². The first-order valence-electron chi connectivity index (χ1n) is 6.99. The van der Waals surface area contributed by atoms with Crippen LogP contribution in [0.15, 0.2) is 17.0 Å². The summed E-state index contributed by atoms with van der Waals surface area (Å²) in [6, 6.07) is 3.09. The van der Waals surface area contributed by atoms with E-state index in [2.05, 4.69) is 12.2 Å². The standard InChI is InChI=1S/C14H20Cl2N2O2S/c1-10-5-7-18(8-6-10)21(19,20)13-4-3-12(15)11(9-17-2)14(13)16/h3-4,10,17H,5-9H2,1-2H3. The Labute approximate surface area is 136 Å². The van der Waals surface area contributed by atoms with Gasteiger partial charge in [0.15, 0.2) is 0 Å². The largest absolute Gasteiger partial charge is 0.316 e. The summed E-state index contributed by atoms with van der Waals surface area (Å²) >= 11 is 12.4. The van der Waals surface area contributed by atoms with Gasteiger partial charge in [0.2, 0.25) is 10.0 Å². The van der Waals surface area contributed by atoms with Gasteiger partial charge in [-0.25, -0.2) is 8.42 Å². The highest BCUT2D eigenvalue weighted by molar-refractivity contribution is 7.89. The van der Waals surface area contributed by atoms with Gasteiger partial charge >= 0.3 is 0 Å². The average Bonchev–Trinajstić information content (AvgIpc) is 2.43. The molecule has 0 radical (unpaired) electrons. The Hall–Kier alpha value is -0.330. The van der Waals surface area contributed by atoms with Gasteiger partial charge in [0.05, 0.1) is 5.02 Å². The maximum Gasteiger partial charge on any atom is 0.244 e. The number of hydrogen-bond acceptors (Lipinski definition) is 3. The molecule has 1 aromatic rings. The molecule has 1 N–H and O–H groups in total. The molecule has 2 rings (SSSR count). The Morgan fingerprint density at radius 2 is 1.90 bits per heavy atom. The highest BCUT2D eigenvalue weighted by Gasteiger charge is 2.30. The zero-order valence-corrected chi connectivity index (χ0v) is 14.5. The van der Waals surface area contributed by atoms with Gasteiger partial charge in [-0.1, -0.05) is 30.1 Å². The number of nitrogens with one attached hydrogen (secondary N) is 1. The second-order valence-corrected chi connectivity index (χ2v) is 8.15. The number of halogens is 2. The fourth-order valence-corrected chi connectivity index (χ4v) is 4.83. The van der Waals surface area contributed by atoms with Crippen LogP contribution in [-0.4, -0.2) is 32.9 Å². The molecular formula is C14H20Cl2N2O2S. The molecule has 7 heteroatoms. The van der Waals surface area contributed by atoms with Crippen LogP contribution in [0.1, 0.15) is 25.3 Å². The van der Waals surface area contributed by atoms with Gasteiger partial charge in [0.1, 0.15) is 4.90 Å². The Kier molecular flexibility index (Phi) is 5.54. The van der Waals surface area contributed by atoms with Crippen LogP contribution in [0.3, 0.4) is 0 Å². The smallest absolute Gasteiger partial charge is 0.244 e. The monoisotopic (exact) mass is 350 g/mol. The summed E-state index contributed by atoms with van der Waals surface area (Å²) in [7, 11) is -1.79. The van der Waals surface area contributed by atoms with E-state index < -0.39 is 10.0 Å². The lowest BCUT2D eigenvalue weighted by atomic mass is 10.0. The number of benzene rings is 1. The van der Waals surface area contributed by atoms with E-state index >= 15 is 0 Å². The van der Waals surface area contributed by atoms with E-state index in [4.69, 9.17) is 23.2 Å². The minimum atomic E-state index is -3.56. The Bertz CT molecular complexity index is 612. The number of piperidine rings is 1. The fraction of sp³-hybridized carbons (Fsp3) is 0.571. The summed E-state index contributed by atoms with van der Waals surface area (Å²) in [6.07, 6.45) is 1.77. The molecular weight excluding hydrogens is 331 g/mol. The molecule has 0 unspecified atom stereocenters. The summed E-state index contributed by atoms with van der Waals surface area (Å²) in [4.78, 5) is 0.147. The van der Waals surface area contributed by atoms with E-state index in [9.17, 15) is 8.42 Å². The maximum absolute atomic E-state index is 12.8. The quantitative estimate of drug-likeness (QED) is 0.907. The summed E-state index contributed by atoms with van der Waals surface area (Å²) in [5.74, 6) is 0.567. The molecule has 0 aromatic heterocycles. The molecule has 1 aromatic carbocycles. The molecule has 0 bridgehead atoms. The lowest BCUT2D eigenvalue weighted by molar-refractivity contribution is 0.288. The van der Waals surface area contributed by atoms with E-state index in [1.165, 1.54) is 10.4 Å². The number of hydrogen-bond donors (Lipinski definition) is 1. The molecule has 118 valence electrons. The lowest BCUT2D eigenvalue weighted by Gasteiger charge is -2.30. The van der Waals surface area contributed by atoms with Crippen LogP contribution >= 0.6 is 23.2 Å². The maximum atomic E-state index is 12.8. The zero-order valence-electron chi connectivity index (χ0n) is 12.2. The van der Waals surface area contributed by atoms with Crippen LogP contribution in [0.4, 0.5) is 0 Å². The van der Waals surface area contributed by atoms with Crippen molar-refractivity contribution in [3.8, 4) is 0 Å². The van der Waals surface area contributed by atoms with Crippen molar-refractivity contribution >= 4 is 33.2 Å². The van der Waals surface area contributed by atoms with Crippen molar-refractivity contribution in [1.82, 2.24) is 9.62 Å². The first-order chi connectivity index (χ1) is 9.87. The summed E-state index contributed by atoms with van der Waals surface area (Å²) in [5, 5.41) is 3.64. The topological polar surface area (TPSA) is 49.4 Å². The van der Waals surface area contributed by atoms with Crippen molar-refractivity contribution in [3.05, 3.63) is 27.7 Å². The summed E-state index contributed by atoms with van der Waals surface area (Å²) in [6.45, 7) is 3.66. The van der Waals surface area contributed by atoms with E-state index in [1.807, 2.05) is 0 Å². The van der Waals surface area contributed by atoms with Crippen LogP contribution in [-0.2, 0) is 16.6 Å². The Morgan fingerprint density at radius 1 is 1.29 bits per heavy atom. The molecule has 0 aliphatic carbocycles. The normalized spacial score (nSPS) is 18.1. The molecule has 4 nitrogen and oxygen atoms in total. The third kappa shape index (κ3) is 3.54. The molecule has 21 heavy (non-hydrogen) atoms. The Morgan fingerprint density at radius 3 is 2.48 bits per heavy atom. The van der Waals surface area contributed by atoms with Gasteiger partial charge in [-0.2, -0.15) is 4.31 Å². The second-order valence-electron chi connectivity index (χ2n) is 5.45. The highest BCUT2D eigenvalue weighted by Crippen LogP contribution is 2.33. The third-order valence-corrected chi connectivity index (χ3v) is 6.70. The van der Waals surface area contributed by atoms with Crippen molar-refractivity contribution in [1.29, 1.82) is 0 Å². The number of rotatable bonds is 4. The Balaban J connectivity index is 2.38. The van der Waals surface area contributed by atoms with Crippen molar-refractivity contribution in [2.45, 2.75) is 31.2 Å². The van der Waals surface area contributed by atoms with E-state index in [-0.39, 0.29) is 9.92 Å². The van der Waals surface area contributed by atoms with Crippen molar-refractivity contribution in [2.24, 2.45) is 5.92 Å². The van der Waals surface area contributed by atoms with Gasteiger partial charge in [0.25, 0.3) is 0 Å². The fourth-order valence-electron chi connectivity index (χ4n) is 2.48. The molecule has 1 aliphatic heterocycles. The van der Waals surface area contributed by atoms with Gasteiger partial charge in [-0.05, 0) is 37.9 Å². The summed E-state index contributed by atoms with van der Waals surface area (Å²) < 4.78 is 27.0. The highest BCUT2D eigenvalue weighted by atomic mass is 35.5. The number of sulfonamides is 1. The molecule has 0 spiro atoms. The number of nitrogens with zero attached hydrogens (tertiary/aromatic N) is 1. The molecule has 0 saturated carbocycles. The minimum Gasteiger partial charge on any atom is -0.316 e. The van der Waals surface area contributed by atoms with Gasteiger partial charge in [-0.3, -0.25) is 0 Å². The zero-order chi connectivity index (χ0) is 15.6. The SMILES string of the molecule is CNCc1c(Cl)ccc(S(=O)(=O)N2CCC(C)CC2)c1Cl. The second kappa shape index (κ2) is 6.84. The molecule has 1 heterocycles.